The van der Waals surface area contributed by atoms with Gasteiger partial charge in [-0.1, -0.05) is 74.9 Å². The van der Waals surface area contributed by atoms with Gasteiger partial charge in [-0.15, -0.1) is 0 Å². The van der Waals surface area contributed by atoms with Gasteiger partial charge in [0.2, 0.25) is 0 Å². The molecule has 1 saturated carbocycles. The fourth-order valence-corrected chi connectivity index (χ4v) is 4.25. The van der Waals surface area contributed by atoms with Crippen LogP contribution in [-0.4, -0.2) is 5.78 Å². The largest absolute Gasteiger partial charge is 0.289 e. The SMILES string of the molecule is C=CC(=O)c1ccc(/C(F)=C(\F)c2ccc(C3CCC(CCC)CC3)cc2)cc1. The van der Waals surface area contributed by atoms with Crippen molar-refractivity contribution in [3.63, 3.8) is 0 Å². The lowest BCUT2D eigenvalue weighted by Gasteiger charge is -2.28. The number of carbonyl (C=O) groups excluding carboxylic acids is 1. The smallest absolute Gasteiger partial charge is 0.185 e. The van der Waals surface area contributed by atoms with Gasteiger partial charge in [-0.25, -0.2) is 8.78 Å². The van der Waals surface area contributed by atoms with Gasteiger partial charge in [0.15, 0.2) is 17.4 Å². The maximum absolute atomic E-state index is 14.7. The van der Waals surface area contributed by atoms with E-state index in [0.29, 0.717) is 11.5 Å². The summed E-state index contributed by atoms with van der Waals surface area (Å²) in [5.74, 6) is -0.690. The van der Waals surface area contributed by atoms with Crippen molar-refractivity contribution < 1.29 is 13.6 Å². The highest BCUT2D eigenvalue weighted by Crippen LogP contribution is 2.38. The molecule has 0 unspecified atom stereocenters. The zero-order valence-electron chi connectivity index (χ0n) is 17.0. The van der Waals surface area contributed by atoms with E-state index in [-0.39, 0.29) is 16.9 Å². The second kappa shape index (κ2) is 9.78. The van der Waals surface area contributed by atoms with Gasteiger partial charge in [0, 0.05) is 16.7 Å². The van der Waals surface area contributed by atoms with Gasteiger partial charge in [0.1, 0.15) is 0 Å². The van der Waals surface area contributed by atoms with Crippen molar-refractivity contribution in [1.82, 2.24) is 0 Å². The maximum atomic E-state index is 14.7. The number of hydrogen-bond acceptors (Lipinski definition) is 1. The third-order valence-corrected chi connectivity index (χ3v) is 5.98. The minimum absolute atomic E-state index is 0.112. The third-order valence-electron chi connectivity index (χ3n) is 5.98. The molecule has 152 valence electrons. The van der Waals surface area contributed by atoms with Gasteiger partial charge in [0.05, 0.1) is 0 Å². The summed E-state index contributed by atoms with van der Waals surface area (Å²) in [6, 6.07) is 13.0. The zero-order chi connectivity index (χ0) is 20.8. The minimum atomic E-state index is -0.921. The summed E-state index contributed by atoms with van der Waals surface area (Å²) in [7, 11) is 0. The molecule has 0 heterocycles. The molecule has 2 aromatic rings. The average Bonchev–Trinajstić information content (AvgIpc) is 2.78. The van der Waals surface area contributed by atoms with Gasteiger partial charge in [-0.05, 0) is 49.2 Å². The van der Waals surface area contributed by atoms with Crippen LogP contribution in [0.2, 0.25) is 0 Å². The van der Waals surface area contributed by atoms with Crippen LogP contribution in [-0.2, 0) is 0 Å². The molecular formula is C26H28F2O. The van der Waals surface area contributed by atoms with Crippen LogP contribution in [0.5, 0.6) is 0 Å². The van der Waals surface area contributed by atoms with Crippen molar-refractivity contribution in [3.05, 3.63) is 83.4 Å². The first-order chi connectivity index (χ1) is 14.0. The highest BCUT2D eigenvalue weighted by atomic mass is 19.2. The van der Waals surface area contributed by atoms with Gasteiger partial charge < -0.3 is 0 Å². The Morgan fingerprint density at radius 3 is 1.86 bits per heavy atom. The number of benzene rings is 2. The Hall–Kier alpha value is -2.55. The van der Waals surface area contributed by atoms with Crippen LogP contribution in [0.25, 0.3) is 11.7 Å². The van der Waals surface area contributed by atoms with Crippen molar-refractivity contribution in [1.29, 1.82) is 0 Å². The van der Waals surface area contributed by atoms with Gasteiger partial charge in [-0.2, -0.15) is 0 Å². The van der Waals surface area contributed by atoms with Crippen molar-refractivity contribution in [2.75, 3.05) is 0 Å². The summed E-state index contributed by atoms with van der Waals surface area (Å²) in [5, 5.41) is 0. The first-order valence-corrected chi connectivity index (χ1v) is 10.5. The predicted octanol–water partition coefficient (Wildman–Crippen LogP) is 7.89. The quantitative estimate of drug-likeness (QED) is 0.265. The number of halogens is 2. The molecule has 1 nitrogen and oxygen atoms in total. The molecule has 0 saturated heterocycles. The second-order valence-electron chi connectivity index (χ2n) is 7.90. The van der Waals surface area contributed by atoms with Gasteiger partial charge >= 0.3 is 0 Å². The molecule has 2 aromatic carbocycles. The first kappa shape index (κ1) is 21.2. The number of carbonyl (C=O) groups is 1. The lowest BCUT2D eigenvalue weighted by molar-refractivity contribution is 0.104. The third kappa shape index (κ3) is 5.09. The fraction of sp³-hybridized carbons (Fsp3) is 0.346. The van der Waals surface area contributed by atoms with Crippen molar-refractivity contribution >= 4 is 17.4 Å². The Balaban J connectivity index is 1.71. The van der Waals surface area contributed by atoms with Crippen LogP contribution in [0.3, 0.4) is 0 Å². The highest BCUT2D eigenvalue weighted by molar-refractivity contribution is 6.04. The molecule has 1 aliphatic rings. The van der Waals surface area contributed by atoms with E-state index in [1.807, 2.05) is 12.1 Å². The Morgan fingerprint density at radius 2 is 1.38 bits per heavy atom. The maximum Gasteiger partial charge on any atom is 0.185 e. The molecule has 3 heteroatoms. The molecule has 29 heavy (non-hydrogen) atoms. The second-order valence-corrected chi connectivity index (χ2v) is 7.90. The molecule has 0 aliphatic heterocycles. The predicted molar refractivity (Wildman–Crippen MR) is 116 cm³/mol. The van der Waals surface area contributed by atoms with E-state index in [1.165, 1.54) is 74.4 Å². The standard InChI is InChI=1S/C26H28F2O/c1-3-5-18-6-8-19(9-7-18)20-10-14-22(15-11-20)25(27)26(28)23-16-12-21(13-17-23)24(29)4-2/h4,10-19H,2-3,5-9H2,1H3/b26-25+. The summed E-state index contributed by atoms with van der Waals surface area (Å²) >= 11 is 0. The number of rotatable bonds is 7. The van der Waals surface area contributed by atoms with Crippen molar-refractivity contribution in [3.8, 4) is 0 Å². The summed E-state index contributed by atoms with van der Waals surface area (Å²) in [4.78, 5) is 11.6. The van der Waals surface area contributed by atoms with Crippen LogP contribution in [0.1, 0.15) is 78.4 Å². The molecule has 0 atom stereocenters. The first-order valence-electron chi connectivity index (χ1n) is 10.5. The van der Waals surface area contributed by atoms with E-state index in [0.717, 1.165) is 5.92 Å². The lowest BCUT2D eigenvalue weighted by atomic mass is 9.77. The van der Waals surface area contributed by atoms with Crippen molar-refractivity contribution in [2.45, 2.75) is 51.4 Å². The topological polar surface area (TPSA) is 17.1 Å². The summed E-state index contributed by atoms with van der Waals surface area (Å²) in [6.45, 7) is 5.66. The molecule has 1 aliphatic carbocycles. The summed E-state index contributed by atoms with van der Waals surface area (Å²) in [5.41, 5.74) is 1.96. The normalized spacial score (nSPS) is 20.1. The van der Waals surface area contributed by atoms with Crippen LogP contribution in [0, 0.1) is 5.92 Å². The van der Waals surface area contributed by atoms with E-state index in [4.69, 9.17) is 0 Å². The average molecular weight is 395 g/mol. The van der Waals surface area contributed by atoms with Crippen LogP contribution in [0.15, 0.2) is 61.2 Å². The molecule has 1 fully saturated rings. The number of allylic oxidation sites excluding steroid dienone is 1. The lowest BCUT2D eigenvalue weighted by Crippen LogP contribution is -2.13. The minimum Gasteiger partial charge on any atom is -0.289 e. The molecule has 3 rings (SSSR count). The Kier molecular flexibility index (Phi) is 7.13. The zero-order valence-corrected chi connectivity index (χ0v) is 17.0. The summed E-state index contributed by atoms with van der Waals surface area (Å²) in [6.07, 6.45) is 8.61. The van der Waals surface area contributed by atoms with E-state index in [1.54, 1.807) is 12.1 Å². The van der Waals surface area contributed by atoms with E-state index in [9.17, 15) is 13.6 Å². The molecule has 0 spiro atoms. The van der Waals surface area contributed by atoms with Gasteiger partial charge in [0.25, 0.3) is 0 Å². The summed E-state index contributed by atoms with van der Waals surface area (Å²) < 4.78 is 29.3. The molecule has 0 amide bonds. The monoisotopic (exact) mass is 394 g/mol. The van der Waals surface area contributed by atoms with Crippen molar-refractivity contribution in [2.24, 2.45) is 5.92 Å². The fourth-order valence-electron chi connectivity index (χ4n) is 4.25. The van der Waals surface area contributed by atoms with Crippen LogP contribution < -0.4 is 0 Å². The van der Waals surface area contributed by atoms with Crippen LogP contribution >= 0.6 is 0 Å². The Bertz CT molecular complexity index is 870. The van der Waals surface area contributed by atoms with Gasteiger partial charge in [-0.3, -0.25) is 4.79 Å². The molecule has 0 radical (unpaired) electrons. The number of ketones is 1. The molecule has 0 aromatic heterocycles. The highest BCUT2D eigenvalue weighted by Gasteiger charge is 2.22. The molecular weight excluding hydrogens is 366 g/mol. The van der Waals surface area contributed by atoms with E-state index < -0.39 is 11.7 Å². The Morgan fingerprint density at radius 1 is 0.897 bits per heavy atom. The van der Waals surface area contributed by atoms with E-state index >= 15 is 0 Å². The molecule has 0 N–H and O–H groups in total. The van der Waals surface area contributed by atoms with Crippen LogP contribution in [0.4, 0.5) is 8.78 Å². The number of hydrogen-bond donors (Lipinski definition) is 0. The molecule has 0 bridgehead atoms. The van der Waals surface area contributed by atoms with E-state index in [2.05, 4.69) is 13.5 Å². The Labute approximate surface area is 172 Å².